The van der Waals surface area contributed by atoms with Gasteiger partial charge < -0.3 is 14.7 Å². The van der Waals surface area contributed by atoms with E-state index in [9.17, 15) is 14.7 Å². The Morgan fingerprint density at radius 2 is 1.60 bits per heavy atom. The molecule has 0 aromatic heterocycles. The van der Waals surface area contributed by atoms with Gasteiger partial charge in [-0.05, 0) is 122 Å². The molecule has 4 fully saturated rings. The molecule has 0 bridgehead atoms. The molecular formula is C42H49NO4. The molecule has 9 atom stereocenters. The second-order valence-corrected chi connectivity index (χ2v) is 15.2. The average Bonchev–Trinajstić information content (AvgIpc) is 3.41. The third-order valence-corrected chi connectivity index (χ3v) is 13.0. The van der Waals surface area contributed by atoms with Crippen molar-refractivity contribution in [2.45, 2.75) is 89.9 Å². The van der Waals surface area contributed by atoms with E-state index < -0.39 is 12.1 Å². The standard InChI is InChI=1S/C42H49NO4/c1-4-37(43(31-14-7-5-8-15-31)32-16-9-6-10-17-32)39(45)28-12-11-13-29(26-28)40(46)47-33-22-24-41(2)30(27-33)18-19-34-35-20-21-38(44)42(35,3)25-23-36(34)41/h4-17,26,30,33-37,39,45H,1,18-25,27H2,2-3H3/t30?,33-,34-,35-,36-,37-,39+,41-,42-/m0/s1. The van der Waals surface area contributed by atoms with E-state index in [4.69, 9.17) is 4.74 Å². The molecule has 5 heteroatoms. The number of hydrogen-bond donors (Lipinski definition) is 1. The Labute approximate surface area is 280 Å². The Balaban J connectivity index is 1.04. The van der Waals surface area contributed by atoms with E-state index in [1.165, 1.54) is 6.42 Å². The van der Waals surface area contributed by atoms with Crippen molar-refractivity contribution in [1.29, 1.82) is 0 Å². The number of anilines is 2. The van der Waals surface area contributed by atoms with Gasteiger partial charge >= 0.3 is 5.97 Å². The normalized spacial score (nSPS) is 32.7. The van der Waals surface area contributed by atoms with E-state index in [1.54, 1.807) is 18.2 Å². The second kappa shape index (κ2) is 12.7. The SMILES string of the molecule is C=C[C@@H]([C@H](O)c1cccc(C(=O)O[C@H]2CC[C@@]3(C)C(CC[C@@H]4[C@@H]3CC[C@]3(C)C(=O)CC[C@@H]43)C2)c1)N(c1ccccc1)c1ccccc1. The molecule has 47 heavy (non-hydrogen) atoms. The van der Waals surface area contributed by atoms with Crippen molar-refractivity contribution in [3.63, 3.8) is 0 Å². The van der Waals surface area contributed by atoms with Crippen molar-refractivity contribution in [1.82, 2.24) is 0 Å². The molecule has 3 aromatic carbocycles. The van der Waals surface area contributed by atoms with Gasteiger partial charge in [0.25, 0.3) is 0 Å². The van der Waals surface area contributed by atoms with Gasteiger partial charge in [0.1, 0.15) is 18.0 Å². The number of fused-ring (bicyclic) bond motifs is 5. The molecule has 0 radical (unpaired) electrons. The summed E-state index contributed by atoms with van der Waals surface area (Å²) in [6.07, 6.45) is 10.0. The Morgan fingerprint density at radius 3 is 2.28 bits per heavy atom. The summed E-state index contributed by atoms with van der Waals surface area (Å²) in [6.45, 7) is 8.85. The zero-order chi connectivity index (χ0) is 32.8. The van der Waals surface area contributed by atoms with E-state index >= 15 is 0 Å². The number of ketones is 1. The van der Waals surface area contributed by atoms with Crippen molar-refractivity contribution < 1.29 is 19.4 Å². The summed E-state index contributed by atoms with van der Waals surface area (Å²) in [5, 5.41) is 11.8. The fourth-order valence-electron chi connectivity index (χ4n) is 10.4. The number of nitrogens with zero attached hydrogens (tertiary/aromatic N) is 1. The van der Waals surface area contributed by atoms with Gasteiger partial charge in [-0.3, -0.25) is 4.79 Å². The van der Waals surface area contributed by atoms with Crippen molar-refractivity contribution in [3.05, 3.63) is 109 Å². The summed E-state index contributed by atoms with van der Waals surface area (Å²) in [4.78, 5) is 28.5. The zero-order valence-electron chi connectivity index (χ0n) is 27.9. The van der Waals surface area contributed by atoms with E-state index in [0.29, 0.717) is 40.6 Å². The van der Waals surface area contributed by atoms with Crippen molar-refractivity contribution in [2.75, 3.05) is 4.90 Å². The Morgan fingerprint density at radius 1 is 0.894 bits per heavy atom. The quantitative estimate of drug-likeness (QED) is 0.198. The minimum atomic E-state index is -0.932. The molecule has 3 aromatic rings. The molecule has 4 aliphatic carbocycles. The Bertz CT molecular complexity index is 1570. The van der Waals surface area contributed by atoms with E-state index in [1.807, 2.05) is 72.8 Å². The summed E-state index contributed by atoms with van der Waals surface area (Å²) >= 11 is 0. The van der Waals surface area contributed by atoms with Gasteiger partial charge in [-0.15, -0.1) is 6.58 Å². The smallest absolute Gasteiger partial charge is 0.338 e. The molecule has 246 valence electrons. The number of carbonyl (C=O) groups excluding carboxylic acids is 2. The molecule has 7 rings (SSSR count). The number of carbonyl (C=O) groups is 2. The van der Waals surface area contributed by atoms with E-state index in [0.717, 1.165) is 62.7 Å². The number of rotatable bonds is 8. The fraction of sp³-hybridized carbons (Fsp3) is 0.476. The minimum Gasteiger partial charge on any atom is -0.459 e. The second-order valence-electron chi connectivity index (χ2n) is 15.2. The molecule has 5 nitrogen and oxygen atoms in total. The highest BCUT2D eigenvalue weighted by Crippen LogP contribution is 2.65. The summed E-state index contributed by atoms with van der Waals surface area (Å²) < 4.78 is 6.22. The monoisotopic (exact) mass is 631 g/mol. The summed E-state index contributed by atoms with van der Waals surface area (Å²) in [6, 6.07) is 26.7. The van der Waals surface area contributed by atoms with E-state index in [-0.39, 0.29) is 22.9 Å². The van der Waals surface area contributed by atoms with Gasteiger partial charge in [0.15, 0.2) is 0 Å². The maximum absolute atomic E-state index is 13.6. The van der Waals surface area contributed by atoms with Crippen molar-refractivity contribution in [2.24, 2.45) is 34.5 Å². The van der Waals surface area contributed by atoms with Crippen LogP contribution >= 0.6 is 0 Å². The van der Waals surface area contributed by atoms with Crippen LogP contribution in [0.15, 0.2) is 97.6 Å². The van der Waals surface area contributed by atoms with Crippen LogP contribution in [0, 0.1) is 34.5 Å². The zero-order valence-corrected chi connectivity index (χ0v) is 27.9. The van der Waals surface area contributed by atoms with Gasteiger partial charge in [-0.1, -0.05) is 68.5 Å². The predicted molar refractivity (Wildman–Crippen MR) is 186 cm³/mol. The maximum atomic E-state index is 13.6. The summed E-state index contributed by atoms with van der Waals surface area (Å²) in [5.41, 5.74) is 3.15. The third-order valence-electron chi connectivity index (χ3n) is 13.0. The molecular weight excluding hydrogens is 582 g/mol. The van der Waals surface area contributed by atoms with Gasteiger partial charge in [0, 0.05) is 23.2 Å². The fourth-order valence-corrected chi connectivity index (χ4v) is 10.4. The van der Waals surface area contributed by atoms with Crippen LogP contribution in [-0.4, -0.2) is 29.0 Å². The molecule has 0 aliphatic heterocycles. The highest BCUT2D eigenvalue weighted by atomic mass is 16.5. The molecule has 0 amide bonds. The molecule has 0 heterocycles. The van der Waals surface area contributed by atoms with Gasteiger partial charge in [-0.2, -0.15) is 0 Å². The number of aliphatic hydroxyl groups is 1. The largest absolute Gasteiger partial charge is 0.459 e. The van der Waals surface area contributed by atoms with Crippen LogP contribution in [0.25, 0.3) is 0 Å². The number of ether oxygens (including phenoxy) is 1. The van der Waals surface area contributed by atoms with Gasteiger partial charge in [-0.25, -0.2) is 4.79 Å². The number of benzene rings is 3. The van der Waals surface area contributed by atoms with Crippen LogP contribution in [0.4, 0.5) is 11.4 Å². The molecule has 0 spiro atoms. The highest BCUT2D eigenvalue weighted by molar-refractivity contribution is 5.90. The third kappa shape index (κ3) is 5.65. The first-order valence-corrected chi connectivity index (χ1v) is 17.8. The lowest BCUT2D eigenvalue weighted by atomic mass is 9.45. The minimum absolute atomic E-state index is 0.0910. The molecule has 4 aliphatic rings. The van der Waals surface area contributed by atoms with Gasteiger partial charge in [0.2, 0.25) is 0 Å². The van der Waals surface area contributed by atoms with Crippen molar-refractivity contribution in [3.8, 4) is 0 Å². The average molecular weight is 632 g/mol. The van der Waals surface area contributed by atoms with Crippen LogP contribution in [0.2, 0.25) is 0 Å². The summed E-state index contributed by atoms with van der Waals surface area (Å²) in [7, 11) is 0. The Hall–Kier alpha value is -3.70. The first-order chi connectivity index (χ1) is 22.7. The van der Waals surface area contributed by atoms with Gasteiger partial charge in [0.05, 0.1) is 11.6 Å². The van der Waals surface area contributed by atoms with E-state index in [2.05, 4.69) is 25.3 Å². The van der Waals surface area contributed by atoms with Crippen LogP contribution in [-0.2, 0) is 9.53 Å². The number of Topliss-reactive ketones (excluding diaryl/α,β-unsaturated/α-hetero) is 1. The highest BCUT2D eigenvalue weighted by Gasteiger charge is 2.60. The first-order valence-electron chi connectivity index (χ1n) is 17.8. The number of hydrogen-bond acceptors (Lipinski definition) is 5. The predicted octanol–water partition coefficient (Wildman–Crippen LogP) is 9.25. The topological polar surface area (TPSA) is 66.8 Å². The lowest BCUT2D eigenvalue weighted by Crippen LogP contribution is -2.54. The van der Waals surface area contributed by atoms with Crippen LogP contribution in [0.3, 0.4) is 0 Å². The molecule has 1 unspecified atom stereocenters. The lowest BCUT2D eigenvalue weighted by molar-refractivity contribution is -0.142. The molecule has 0 saturated heterocycles. The molecule has 1 N–H and O–H groups in total. The van der Waals surface area contributed by atoms with Crippen LogP contribution in [0.5, 0.6) is 0 Å². The van der Waals surface area contributed by atoms with Crippen LogP contribution < -0.4 is 4.90 Å². The Kier molecular flexibility index (Phi) is 8.63. The number of aliphatic hydroxyl groups excluding tert-OH is 1. The molecule has 4 saturated carbocycles. The van der Waals surface area contributed by atoms with Crippen molar-refractivity contribution >= 4 is 23.1 Å². The first kappa shape index (κ1) is 31.9. The number of para-hydroxylation sites is 2. The maximum Gasteiger partial charge on any atom is 0.338 e. The lowest BCUT2D eigenvalue weighted by Gasteiger charge is -2.60. The number of esters is 1. The van der Waals surface area contributed by atoms with Crippen LogP contribution in [0.1, 0.15) is 93.7 Å². The summed E-state index contributed by atoms with van der Waals surface area (Å²) in [5.74, 6) is 2.61.